The van der Waals surface area contributed by atoms with E-state index in [0.29, 0.717) is 25.0 Å². The van der Waals surface area contributed by atoms with Crippen LogP contribution in [0, 0.1) is 0 Å². The number of carbonyl (C=O) groups is 2. The van der Waals surface area contributed by atoms with E-state index < -0.39 is 27.0 Å². The molecule has 21 heavy (non-hydrogen) atoms. The number of carboxylic acid groups (broad SMARTS) is 1. The van der Waals surface area contributed by atoms with Crippen molar-refractivity contribution in [3.05, 3.63) is 29.6 Å². The van der Waals surface area contributed by atoms with Crippen LogP contribution < -0.4 is 5.32 Å². The van der Waals surface area contributed by atoms with Crippen molar-refractivity contribution in [2.45, 2.75) is 31.1 Å². The standard InChI is InChI=1S/C13H16N2O5S/c16-12(11-3-1-2-6-21(11,19)20)15-8-10-7-9(13(17)18)4-5-14-10/h4-5,7,11H,1-3,6,8H2,(H,15,16)(H,17,18). The number of nitrogens with zero attached hydrogens (tertiary/aromatic N) is 1. The summed E-state index contributed by atoms with van der Waals surface area (Å²) in [6, 6.07) is 2.69. The van der Waals surface area contributed by atoms with Gasteiger partial charge in [-0.2, -0.15) is 0 Å². The van der Waals surface area contributed by atoms with Crippen LogP contribution in [0.3, 0.4) is 0 Å². The van der Waals surface area contributed by atoms with Crippen LogP contribution in [0.5, 0.6) is 0 Å². The lowest BCUT2D eigenvalue weighted by atomic mass is 10.2. The highest BCUT2D eigenvalue weighted by molar-refractivity contribution is 7.92. The van der Waals surface area contributed by atoms with E-state index in [1.54, 1.807) is 0 Å². The van der Waals surface area contributed by atoms with Crippen molar-refractivity contribution in [1.82, 2.24) is 10.3 Å². The summed E-state index contributed by atoms with van der Waals surface area (Å²) in [5.41, 5.74) is 0.441. The zero-order chi connectivity index (χ0) is 15.5. The van der Waals surface area contributed by atoms with Crippen LogP contribution in [-0.2, 0) is 21.2 Å². The molecule has 2 heterocycles. The summed E-state index contributed by atoms with van der Waals surface area (Å²) >= 11 is 0. The second-order valence-corrected chi connectivity index (χ2v) is 7.21. The molecule has 2 N–H and O–H groups in total. The van der Waals surface area contributed by atoms with Gasteiger partial charge in [0.1, 0.15) is 5.25 Å². The van der Waals surface area contributed by atoms with Gasteiger partial charge in [0, 0.05) is 6.20 Å². The molecule has 1 saturated heterocycles. The molecule has 1 amide bonds. The number of pyridine rings is 1. The van der Waals surface area contributed by atoms with Crippen LogP contribution in [0.25, 0.3) is 0 Å². The Hall–Kier alpha value is -1.96. The highest BCUT2D eigenvalue weighted by Crippen LogP contribution is 2.19. The molecule has 2 rings (SSSR count). The average molecular weight is 312 g/mol. The third-order valence-electron chi connectivity index (χ3n) is 3.38. The number of carboxylic acids is 1. The van der Waals surface area contributed by atoms with Gasteiger partial charge in [-0.25, -0.2) is 13.2 Å². The first-order valence-corrected chi connectivity index (χ1v) is 8.29. The molecule has 1 aliphatic heterocycles. The van der Waals surface area contributed by atoms with Crippen molar-refractivity contribution in [3.63, 3.8) is 0 Å². The van der Waals surface area contributed by atoms with E-state index in [4.69, 9.17) is 5.11 Å². The molecular formula is C13H16N2O5S. The van der Waals surface area contributed by atoms with Crippen molar-refractivity contribution < 1.29 is 23.1 Å². The first kappa shape index (κ1) is 15.4. The first-order valence-electron chi connectivity index (χ1n) is 6.57. The zero-order valence-electron chi connectivity index (χ0n) is 11.3. The van der Waals surface area contributed by atoms with Crippen molar-refractivity contribution in [3.8, 4) is 0 Å². The molecule has 8 heteroatoms. The van der Waals surface area contributed by atoms with E-state index in [9.17, 15) is 18.0 Å². The number of hydrogen-bond acceptors (Lipinski definition) is 5. The molecular weight excluding hydrogens is 296 g/mol. The number of aromatic carboxylic acids is 1. The number of amides is 1. The first-order chi connectivity index (χ1) is 9.90. The largest absolute Gasteiger partial charge is 0.478 e. The van der Waals surface area contributed by atoms with Gasteiger partial charge in [-0.15, -0.1) is 0 Å². The van der Waals surface area contributed by atoms with E-state index in [-0.39, 0.29) is 17.9 Å². The third-order valence-corrected chi connectivity index (χ3v) is 5.55. The molecule has 7 nitrogen and oxygen atoms in total. The average Bonchev–Trinajstić information content (AvgIpc) is 2.44. The summed E-state index contributed by atoms with van der Waals surface area (Å²) in [6.45, 7) is 0.00593. The Balaban J connectivity index is 2.01. The van der Waals surface area contributed by atoms with Crippen LogP contribution in [0.1, 0.15) is 35.3 Å². The van der Waals surface area contributed by atoms with Gasteiger partial charge in [-0.1, -0.05) is 6.42 Å². The van der Waals surface area contributed by atoms with E-state index >= 15 is 0 Å². The summed E-state index contributed by atoms with van der Waals surface area (Å²) in [5.74, 6) is -1.59. The minimum atomic E-state index is -3.38. The third kappa shape index (κ3) is 3.78. The van der Waals surface area contributed by atoms with E-state index in [1.165, 1.54) is 18.3 Å². The van der Waals surface area contributed by atoms with E-state index in [0.717, 1.165) is 0 Å². The van der Waals surface area contributed by atoms with Crippen LogP contribution in [-0.4, -0.2) is 41.4 Å². The molecule has 0 radical (unpaired) electrons. The smallest absolute Gasteiger partial charge is 0.335 e. The summed E-state index contributed by atoms with van der Waals surface area (Å²) in [7, 11) is -3.38. The van der Waals surface area contributed by atoms with Gasteiger partial charge in [0.05, 0.1) is 23.6 Å². The second-order valence-electron chi connectivity index (χ2n) is 4.91. The highest BCUT2D eigenvalue weighted by Gasteiger charge is 2.34. The topological polar surface area (TPSA) is 113 Å². The predicted molar refractivity (Wildman–Crippen MR) is 74.5 cm³/mol. The predicted octanol–water partition coefficient (Wildman–Crippen LogP) is 0.363. The Kier molecular flexibility index (Phi) is 4.56. The molecule has 1 atom stereocenters. The molecule has 0 spiro atoms. The fraction of sp³-hybridized carbons (Fsp3) is 0.462. The fourth-order valence-corrected chi connectivity index (χ4v) is 4.07. The molecule has 0 saturated carbocycles. The molecule has 0 bridgehead atoms. The number of hydrogen-bond donors (Lipinski definition) is 2. The van der Waals surface area contributed by atoms with Crippen LogP contribution in [0.4, 0.5) is 0 Å². The molecule has 1 fully saturated rings. The number of carbonyl (C=O) groups excluding carboxylic acids is 1. The van der Waals surface area contributed by atoms with Crippen LogP contribution in [0.15, 0.2) is 18.3 Å². The summed E-state index contributed by atoms with van der Waals surface area (Å²) in [4.78, 5) is 26.7. The van der Waals surface area contributed by atoms with Gasteiger partial charge < -0.3 is 10.4 Å². The monoisotopic (exact) mass is 312 g/mol. The Morgan fingerprint density at radius 2 is 2.14 bits per heavy atom. The van der Waals surface area contributed by atoms with Crippen molar-refractivity contribution in [2.75, 3.05) is 5.75 Å². The maximum absolute atomic E-state index is 12.0. The Labute approximate surface area is 122 Å². The SMILES string of the molecule is O=C(O)c1ccnc(CNC(=O)C2CCCCS2(=O)=O)c1. The van der Waals surface area contributed by atoms with Crippen LogP contribution >= 0.6 is 0 Å². The minimum absolute atomic E-state index is 0.00593. The maximum atomic E-state index is 12.0. The summed E-state index contributed by atoms with van der Waals surface area (Å²) in [6.07, 6.45) is 2.97. The minimum Gasteiger partial charge on any atom is -0.478 e. The molecule has 0 aliphatic carbocycles. The van der Waals surface area contributed by atoms with Crippen LogP contribution in [0.2, 0.25) is 0 Å². The second kappa shape index (κ2) is 6.21. The van der Waals surface area contributed by atoms with E-state index in [2.05, 4.69) is 10.3 Å². The maximum Gasteiger partial charge on any atom is 0.335 e. The van der Waals surface area contributed by atoms with Crippen molar-refractivity contribution in [1.29, 1.82) is 0 Å². The van der Waals surface area contributed by atoms with Crippen molar-refractivity contribution >= 4 is 21.7 Å². The van der Waals surface area contributed by atoms with Gasteiger partial charge in [0.15, 0.2) is 9.84 Å². The van der Waals surface area contributed by atoms with Gasteiger partial charge in [-0.05, 0) is 25.0 Å². The number of aromatic nitrogens is 1. The lowest BCUT2D eigenvalue weighted by Crippen LogP contribution is -2.42. The normalized spacial score (nSPS) is 20.7. The molecule has 1 unspecified atom stereocenters. The summed E-state index contributed by atoms with van der Waals surface area (Å²) in [5, 5.41) is 10.4. The molecule has 1 aromatic heterocycles. The summed E-state index contributed by atoms with van der Waals surface area (Å²) < 4.78 is 23.6. The molecule has 1 aliphatic rings. The number of rotatable bonds is 4. The number of nitrogens with one attached hydrogen (secondary N) is 1. The Bertz CT molecular complexity index is 656. The lowest BCUT2D eigenvalue weighted by molar-refractivity contribution is -0.121. The fourth-order valence-electron chi connectivity index (χ4n) is 2.25. The van der Waals surface area contributed by atoms with Gasteiger partial charge >= 0.3 is 5.97 Å². The Morgan fingerprint density at radius 3 is 2.81 bits per heavy atom. The molecule has 114 valence electrons. The quantitative estimate of drug-likeness (QED) is 0.830. The van der Waals surface area contributed by atoms with Gasteiger partial charge in [0.25, 0.3) is 0 Å². The number of sulfone groups is 1. The Morgan fingerprint density at radius 1 is 1.38 bits per heavy atom. The van der Waals surface area contributed by atoms with Gasteiger partial charge in [0.2, 0.25) is 5.91 Å². The van der Waals surface area contributed by atoms with Crippen molar-refractivity contribution in [2.24, 2.45) is 0 Å². The molecule has 1 aromatic rings. The zero-order valence-corrected chi connectivity index (χ0v) is 12.1. The molecule has 0 aromatic carbocycles. The van der Waals surface area contributed by atoms with Gasteiger partial charge in [-0.3, -0.25) is 9.78 Å². The van der Waals surface area contributed by atoms with E-state index in [1.807, 2.05) is 0 Å². The highest BCUT2D eigenvalue weighted by atomic mass is 32.2. The lowest BCUT2D eigenvalue weighted by Gasteiger charge is -2.21.